The van der Waals surface area contributed by atoms with Gasteiger partial charge in [0.1, 0.15) is 11.5 Å². The maximum atomic E-state index is 11.7. The van der Waals surface area contributed by atoms with Gasteiger partial charge < -0.3 is 9.15 Å². The summed E-state index contributed by atoms with van der Waals surface area (Å²) in [6, 6.07) is 8.22. The first-order valence-corrected chi connectivity index (χ1v) is 7.67. The highest BCUT2D eigenvalue weighted by Gasteiger charge is 2.07. The molecule has 2 aromatic rings. The van der Waals surface area contributed by atoms with Gasteiger partial charge in [-0.15, -0.1) is 0 Å². The third-order valence-electron chi connectivity index (χ3n) is 2.53. The van der Waals surface area contributed by atoms with E-state index in [9.17, 15) is 4.79 Å². The summed E-state index contributed by atoms with van der Waals surface area (Å²) in [6.45, 7) is 1.49. The standard InChI is InChI=1S/C14H11BrCl2N2O3/c1-8(11-4-5-13(15)22-11)18-19-14(20)7-21-12-3-2-9(16)6-10(12)17/h2-6H,7H2,1H3,(H,19,20)/b18-8+. The molecule has 0 aliphatic heterocycles. The zero-order valence-electron chi connectivity index (χ0n) is 11.4. The molecule has 5 nitrogen and oxygen atoms in total. The number of rotatable bonds is 5. The van der Waals surface area contributed by atoms with E-state index in [0.29, 0.717) is 31.9 Å². The average Bonchev–Trinajstić information content (AvgIpc) is 2.90. The van der Waals surface area contributed by atoms with E-state index in [-0.39, 0.29) is 6.61 Å². The maximum Gasteiger partial charge on any atom is 0.277 e. The monoisotopic (exact) mass is 404 g/mol. The quantitative estimate of drug-likeness (QED) is 0.596. The smallest absolute Gasteiger partial charge is 0.277 e. The fourth-order valence-corrected chi connectivity index (χ4v) is 2.25. The molecule has 1 heterocycles. The number of carbonyl (C=O) groups is 1. The van der Waals surface area contributed by atoms with Crippen molar-refractivity contribution >= 4 is 50.8 Å². The number of amides is 1. The van der Waals surface area contributed by atoms with Gasteiger partial charge in [0.05, 0.1) is 5.02 Å². The van der Waals surface area contributed by atoms with E-state index in [1.54, 1.807) is 31.2 Å². The molecule has 116 valence electrons. The van der Waals surface area contributed by atoms with Crippen LogP contribution in [0.4, 0.5) is 0 Å². The highest BCUT2D eigenvalue weighted by atomic mass is 79.9. The van der Waals surface area contributed by atoms with Crippen molar-refractivity contribution in [1.29, 1.82) is 0 Å². The molecule has 0 aliphatic rings. The molecule has 0 spiro atoms. The van der Waals surface area contributed by atoms with Crippen LogP contribution in [0.15, 0.2) is 44.5 Å². The van der Waals surface area contributed by atoms with Crippen molar-refractivity contribution in [3.8, 4) is 5.75 Å². The van der Waals surface area contributed by atoms with Crippen LogP contribution in [0.1, 0.15) is 12.7 Å². The number of nitrogens with zero attached hydrogens (tertiary/aromatic N) is 1. The fraction of sp³-hybridized carbons (Fsp3) is 0.143. The SMILES string of the molecule is C/C(=N\NC(=O)COc1ccc(Cl)cc1Cl)c1ccc(Br)o1. The van der Waals surface area contributed by atoms with Crippen molar-refractivity contribution in [1.82, 2.24) is 5.43 Å². The predicted octanol–water partition coefficient (Wildman–Crippen LogP) is 4.27. The third kappa shape index (κ3) is 4.76. The Labute approximate surface area is 145 Å². The molecule has 1 N–H and O–H groups in total. The Hall–Kier alpha value is -1.50. The van der Waals surface area contributed by atoms with Crippen LogP contribution in [0.3, 0.4) is 0 Å². The van der Waals surface area contributed by atoms with Crippen molar-refractivity contribution < 1.29 is 13.9 Å². The fourth-order valence-electron chi connectivity index (χ4n) is 1.48. The van der Waals surface area contributed by atoms with Crippen LogP contribution in [0.25, 0.3) is 0 Å². The first-order valence-electron chi connectivity index (χ1n) is 6.12. The molecule has 0 aliphatic carbocycles. The molecule has 22 heavy (non-hydrogen) atoms. The van der Waals surface area contributed by atoms with Gasteiger partial charge >= 0.3 is 0 Å². The van der Waals surface area contributed by atoms with Crippen LogP contribution in [0.5, 0.6) is 5.75 Å². The highest BCUT2D eigenvalue weighted by molar-refractivity contribution is 9.10. The van der Waals surface area contributed by atoms with E-state index < -0.39 is 5.91 Å². The molecule has 1 amide bonds. The molecule has 0 fully saturated rings. The molecule has 0 saturated carbocycles. The van der Waals surface area contributed by atoms with Gasteiger partial charge in [-0.3, -0.25) is 4.79 Å². The van der Waals surface area contributed by atoms with E-state index in [0.717, 1.165) is 0 Å². The summed E-state index contributed by atoms with van der Waals surface area (Å²) in [5, 5.41) is 4.75. The third-order valence-corrected chi connectivity index (χ3v) is 3.49. The minimum absolute atomic E-state index is 0.222. The summed E-state index contributed by atoms with van der Waals surface area (Å²) in [5.74, 6) is 0.502. The van der Waals surface area contributed by atoms with Crippen LogP contribution in [0.2, 0.25) is 10.0 Å². The topological polar surface area (TPSA) is 63.8 Å². The lowest BCUT2D eigenvalue weighted by atomic mass is 10.3. The number of furan rings is 1. The lowest BCUT2D eigenvalue weighted by molar-refractivity contribution is -0.123. The number of hydrogen-bond donors (Lipinski definition) is 1. The molecule has 0 saturated heterocycles. The van der Waals surface area contributed by atoms with Crippen LogP contribution in [-0.2, 0) is 4.79 Å². The lowest BCUT2D eigenvalue weighted by Gasteiger charge is -2.07. The number of hydrogen-bond acceptors (Lipinski definition) is 4. The Morgan fingerprint density at radius 3 is 2.77 bits per heavy atom. The Morgan fingerprint density at radius 2 is 2.14 bits per heavy atom. The summed E-state index contributed by atoms with van der Waals surface area (Å²) in [4.78, 5) is 11.7. The average molecular weight is 406 g/mol. The van der Waals surface area contributed by atoms with Crippen LogP contribution >= 0.6 is 39.1 Å². The molecular weight excluding hydrogens is 395 g/mol. The minimum atomic E-state index is -0.420. The van der Waals surface area contributed by atoms with Crippen molar-refractivity contribution in [3.63, 3.8) is 0 Å². The van der Waals surface area contributed by atoms with Crippen molar-refractivity contribution in [3.05, 3.63) is 50.8 Å². The number of benzene rings is 1. The van der Waals surface area contributed by atoms with Crippen molar-refractivity contribution in [2.45, 2.75) is 6.92 Å². The van der Waals surface area contributed by atoms with Crippen molar-refractivity contribution in [2.75, 3.05) is 6.61 Å². The summed E-state index contributed by atoms with van der Waals surface area (Å²) >= 11 is 14.9. The number of nitrogens with one attached hydrogen (secondary N) is 1. The number of halogens is 3. The van der Waals surface area contributed by atoms with Gasteiger partial charge in [0.15, 0.2) is 17.0 Å². The molecule has 2 rings (SSSR count). The maximum absolute atomic E-state index is 11.7. The number of ether oxygens (including phenoxy) is 1. The molecule has 0 unspecified atom stereocenters. The van der Waals surface area contributed by atoms with Crippen molar-refractivity contribution in [2.24, 2.45) is 5.10 Å². The molecule has 8 heteroatoms. The summed E-state index contributed by atoms with van der Waals surface area (Å²) in [7, 11) is 0. The summed E-state index contributed by atoms with van der Waals surface area (Å²) < 4.78 is 11.2. The molecule has 0 radical (unpaired) electrons. The van der Waals surface area contributed by atoms with E-state index >= 15 is 0 Å². The highest BCUT2D eigenvalue weighted by Crippen LogP contribution is 2.27. The second-order valence-electron chi connectivity index (χ2n) is 4.20. The summed E-state index contributed by atoms with van der Waals surface area (Å²) in [6.07, 6.45) is 0. The van der Waals surface area contributed by atoms with Gasteiger partial charge in [0, 0.05) is 5.02 Å². The first-order chi connectivity index (χ1) is 10.5. The van der Waals surface area contributed by atoms with E-state index in [1.807, 2.05) is 0 Å². The minimum Gasteiger partial charge on any atom is -0.482 e. The normalized spacial score (nSPS) is 11.4. The van der Waals surface area contributed by atoms with Gasteiger partial charge in [0.25, 0.3) is 5.91 Å². The number of hydrazone groups is 1. The van der Waals surface area contributed by atoms with Crippen LogP contribution < -0.4 is 10.2 Å². The Balaban J connectivity index is 1.88. The zero-order valence-corrected chi connectivity index (χ0v) is 14.5. The largest absolute Gasteiger partial charge is 0.482 e. The molecule has 1 aromatic heterocycles. The second-order valence-corrected chi connectivity index (χ2v) is 5.82. The Kier molecular flexibility index (Phi) is 5.88. The van der Waals surface area contributed by atoms with Crippen LogP contribution in [0, 0.1) is 0 Å². The molecule has 0 atom stereocenters. The Morgan fingerprint density at radius 1 is 1.36 bits per heavy atom. The molecule has 1 aromatic carbocycles. The van der Waals surface area contributed by atoms with Gasteiger partial charge in [0.2, 0.25) is 0 Å². The Bertz CT molecular complexity index is 716. The van der Waals surface area contributed by atoms with E-state index in [4.69, 9.17) is 32.4 Å². The van der Waals surface area contributed by atoms with E-state index in [2.05, 4.69) is 26.5 Å². The van der Waals surface area contributed by atoms with E-state index in [1.165, 1.54) is 6.07 Å². The van der Waals surface area contributed by atoms with Gasteiger partial charge in [-0.05, 0) is 53.2 Å². The second kappa shape index (κ2) is 7.67. The van der Waals surface area contributed by atoms with Gasteiger partial charge in [-0.1, -0.05) is 23.2 Å². The zero-order chi connectivity index (χ0) is 16.1. The van der Waals surface area contributed by atoms with Crippen LogP contribution in [-0.4, -0.2) is 18.2 Å². The lowest BCUT2D eigenvalue weighted by Crippen LogP contribution is -2.25. The number of carbonyl (C=O) groups excluding carboxylic acids is 1. The van der Waals surface area contributed by atoms with Gasteiger partial charge in [-0.2, -0.15) is 5.10 Å². The molecule has 0 bridgehead atoms. The predicted molar refractivity (Wildman–Crippen MR) is 88.7 cm³/mol. The first kappa shape index (κ1) is 16.9. The van der Waals surface area contributed by atoms with Gasteiger partial charge in [-0.25, -0.2) is 5.43 Å². The molecular formula is C14H11BrCl2N2O3. The summed E-state index contributed by atoms with van der Waals surface area (Å²) in [5.41, 5.74) is 2.90.